The monoisotopic (exact) mass is 189 g/mol. The van der Waals surface area contributed by atoms with Crippen molar-refractivity contribution in [2.24, 2.45) is 0 Å². The molecule has 0 atom stereocenters. The lowest BCUT2D eigenvalue weighted by atomic mass is 10.0. The SMILES string of the molecule is C=C(NC)c1cc(C=O)cc(CC)c1. The van der Waals surface area contributed by atoms with Crippen LogP contribution in [-0.4, -0.2) is 13.3 Å². The van der Waals surface area contributed by atoms with Crippen LogP contribution in [0.15, 0.2) is 24.8 Å². The van der Waals surface area contributed by atoms with Gasteiger partial charge >= 0.3 is 0 Å². The van der Waals surface area contributed by atoms with Gasteiger partial charge in [0.05, 0.1) is 0 Å². The quantitative estimate of drug-likeness (QED) is 0.736. The Morgan fingerprint density at radius 2 is 2.21 bits per heavy atom. The van der Waals surface area contributed by atoms with Crippen molar-refractivity contribution in [3.63, 3.8) is 0 Å². The molecule has 0 heterocycles. The predicted octanol–water partition coefficient (Wildman–Crippen LogP) is 2.25. The van der Waals surface area contributed by atoms with Gasteiger partial charge in [0.2, 0.25) is 0 Å². The maximum absolute atomic E-state index is 10.7. The first-order valence-corrected chi connectivity index (χ1v) is 4.67. The summed E-state index contributed by atoms with van der Waals surface area (Å²) in [4.78, 5) is 10.7. The maximum atomic E-state index is 10.7. The van der Waals surface area contributed by atoms with E-state index in [1.165, 1.54) is 0 Å². The summed E-state index contributed by atoms with van der Waals surface area (Å²) in [7, 11) is 1.82. The molecule has 0 saturated heterocycles. The minimum absolute atomic E-state index is 0.704. The smallest absolute Gasteiger partial charge is 0.150 e. The van der Waals surface area contributed by atoms with Crippen molar-refractivity contribution in [1.29, 1.82) is 0 Å². The van der Waals surface area contributed by atoms with Gasteiger partial charge in [-0.1, -0.05) is 13.5 Å². The first-order chi connectivity index (χ1) is 6.71. The largest absolute Gasteiger partial charge is 0.388 e. The second-order valence-corrected chi connectivity index (χ2v) is 3.16. The molecule has 1 aromatic rings. The zero-order chi connectivity index (χ0) is 10.6. The first-order valence-electron chi connectivity index (χ1n) is 4.67. The van der Waals surface area contributed by atoms with Gasteiger partial charge in [-0.15, -0.1) is 0 Å². The van der Waals surface area contributed by atoms with Gasteiger partial charge in [0.25, 0.3) is 0 Å². The van der Waals surface area contributed by atoms with E-state index < -0.39 is 0 Å². The van der Waals surface area contributed by atoms with Crippen molar-refractivity contribution in [3.05, 3.63) is 41.5 Å². The van der Waals surface area contributed by atoms with Crippen LogP contribution in [0.3, 0.4) is 0 Å². The predicted molar refractivity (Wildman–Crippen MR) is 59.3 cm³/mol. The van der Waals surface area contributed by atoms with Crippen LogP contribution in [0.4, 0.5) is 0 Å². The third-order valence-corrected chi connectivity index (χ3v) is 2.21. The highest BCUT2D eigenvalue weighted by atomic mass is 16.1. The molecule has 0 unspecified atom stereocenters. The van der Waals surface area contributed by atoms with Crippen LogP contribution >= 0.6 is 0 Å². The molecule has 2 nitrogen and oxygen atoms in total. The number of nitrogens with one attached hydrogen (secondary N) is 1. The van der Waals surface area contributed by atoms with Crippen molar-refractivity contribution in [1.82, 2.24) is 5.32 Å². The van der Waals surface area contributed by atoms with Gasteiger partial charge in [-0.3, -0.25) is 4.79 Å². The zero-order valence-corrected chi connectivity index (χ0v) is 8.63. The van der Waals surface area contributed by atoms with Crippen LogP contribution in [0.25, 0.3) is 5.70 Å². The summed E-state index contributed by atoms with van der Waals surface area (Å²) in [6, 6.07) is 5.79. The lowest BCUT2D eigenvalue weighted by Crippen LogP contribution is -2.04. The Kier molecular flexibility index (Phi) is 3.46. The molecule has 1 rings (SSSR count). The van der Waals surface area contributed by atoms with Crippen LogP contribution in [0.1, 0.15) is 28.4 Å². The lowest BCUT2D eigenvalue weighted by Gasteiger charge is -2.07. The fourth-order valence-corrected chi connectivity index (χ4v) is 1.31. The molecule has 0 bridgehead atoms. The molecule has 1 N–H and O–H groups in total. The van der Waals surface area contributed by atoms with E-state index in [4.69, 9.17) is 0 Å². The Balaban J connectivity index is 3.16. The van der Waals surface area contributed by atoms with E-state index in [1.54, 1.807) is 0 Å². The lowest BCUT2D eigenvalue weighted by molar-refractivity contribution is 0.112. The van der Waals surface area contributed by atoms with E-state index in [-0.39, 0.29) is 0 Å². The van der Waals surface area contributed by atoms with Gasteiger partial charge in [-0.2, -0.15) is 0 Å². The molecule has 0 aliphatic rings. The van der Waals surface area contributed by atoms with Crippen molar-refractivity contribution < 1.29 is 4.79 Å². The van der Waals surface area contributed by atoms with Crippen LogP contribution in [0.5, 0.6) is 0 Å². The van der Waals surface area contributed by atoms with Gasteiger partial charge in [0, 0.05) is 18.3 Å². The van der Waals surface area contributed by atoms with Crippen molar-refractivity contribution in [3.8, 4) is 0 Å². The average Bonchev–Trinajstić information content (AvgIpc) is 2.27. The summed E-state index contributed by atoms with van der Waals surface area (Å²) in [5.74, 6) is 0. The standard InChI is InChI=1S/C12H15NO/c1-4-10-5-11(8-14)7-12(6-10)9(2)13-3/h5-8,13H,2,4H2,1,3H3. The summed E-state index contributed by atoms with van der Waals surface area (Å²) in [6.45, 7) is 5.93. The number of hydrogen-bond donors (Lipinski definition) is 1. The van der Waals surface area contributed by atoms with E-state index in [0.29, 0.717) is 5.56 Å². The van der Waals surface area contributed by atoms with Crippen molar-refractivity contribution >= 4 is 12.0 Å². The number of aryl methyl sites for hydroxylation is 1. The van der Waals surface area contributed by atoms with Gasteiger partial charge < -0.3 is 5.32 Å². The normalized spacial score (nSPS) is 9.57. The molecule has 1 aromatic carbocycles. The van der Waals surface area contributed by atoms with E-state index in [1.807, 2.05) is 25.2 Å². The minimum Gasteiger partial charge on any atom is -0.388 e. The number of carbonyl (C=O) groups excluding carboxylic acids is 1. The fraction of sp³-hybridized carbons (Fsp3) is 0.250. The number of rotatable bonds is 4. The average molecular weight is 189 g/mol. The molecule has 2 heteroatoms. The molecule has 0 aliphatic carbocycles. The molecule has 0 amide bonds. The Labute approximate surface area is 84.6 Å². The third kappa shape index (κ3) is 2.22. The molecule has 0 aromatic heterocycles. The minimum atomic E-state index is 0.704. The second kappa shape index (κ2) is 4.61. The van der Waals surface area contributed by atoms with Crippen LogP contribution in [0.2, 0.25) is 0 Å². The van der Waals surface area contributed by atoms with Crippen LogP contribution in [0, 0.1) is 0 Å². The van der Waals surface area contributed by atoms with Gasteiger partial charge in [-0.05, 0) is 35.7 Å². The highest BCUT2D eigenvalue weighted by molar-refractivity contribution is 5.78. The number of carbonyl (C=O) groups is 1. The molecular weight excluding hydrogens is 174 g/mol. The summed E-state index contributed by atoms with van der Waals surface area (Å²) < 4.78 is 0. The first kappa shape index (κ1) is 10.5. The topological polar surface area (TPSA) is 29.1 Å². The van der Waals surface area contributed by atoms with Crippen molar-refractivity contribution in [2.75, 3.05) is 7.05 Å². The Bertz CT molecular complexity index is 355. The highest BCUT2D eigenvalue weighted by Gasteiger charge is 2.01. The molecule has 74 valence electrons. The molecule has 0 aliphatic heterocycles. The highest BCUT2D eigenvalue weighted by Crippen LogP contribution is 2.14. The summed E-state index contributed by atoms with van der Waals surface area (Å²) in [5, 5.41) is 2.97. The van der Waals surface area contributed by atoms with Crippen LogP contribution < -0.4 is 5.32 Å². The third-order valence-electron chi connectivity index (χ3n) is 2.21. The van der Waals surface area contributed by atoms with Crippen molar-refractivity contribution in [2.45, 2.75) is 13.3 Å². The Hall–Kier alpha value is -1.57. The Morgan fingerprint density at radius 1 is 1.50 bits per heavy atom. The number of hydrogen-bond acceptors (Lipinski definition) is 2. The summed E-state index contributed by atoms with van der Waals surface area (Å²) in [6.07, 6.45) is 1.79. The fourth-order valence-electron chi connectivity index (χ4n) is 1.31. The zero-order valence-electron chi connectivity index (χ0n) is 8.63. The molecular formula is C12H15NO. The maximum Gasteiger partial charge on any atom is 0.150 e. The van der Waals surface area contributed by atoms with E-state index in [0.717, 1.165) is 29.5 Å². The molecule has 0 fully saturated rings. The Morgan fingerprint density at radius 3 is 2.71 bits per heavy atom. The van der Waals surface area contributed by atoms with Crippen LogP contribution in [-0.2, 0) is 6.42 Å². The van der Waals surface area contributed by atoms with Gasteiger partial charge in [-0.25, -0.2) is 0 Å². The summed E-state index contributed by atoms with van der Waals surface area (Å²) >= 11 is 0. The van der Waals surface area contributed by atoms with E-state index >= 15 is 0 Å². The molecule has 0 radical (unpaired) electrons. The number of benzene rings is 1. The van der Waals surface area contributed by atoms with E-state index in [9.17, 15) is 4.79 Å². The summed E-state index contributed by atoms with van der Waals surface area (Å²) in [5.41, 5.74) is 3.68. The molecule has 14 heavy (non-hydrogen) atoms. The van der Waals surface area contributed by atoms with Gasteiger partial charge in [0.15, 0.2) is 0 Å². The molecule has 0 spiro atoms. The second-order valence-electron chi connectivity index (χ2n) is 3.16. The molecule has 0 saturated carbocycles. The van der Waals surface area contributed by atoms with Gasteiger partial charge in [0.1, 0.15) is 6.29 Å². The number of aldehydes is 1. The van der Waals surface area contributed by atoms with E-state index in [2.05, 4.69) is 18.8 Å².